The lowest BCUT2D eigenvalue weighted by atomic mass is 9.93. The summed E-state index contributed by atoms with van der Waals surface area (Å²) in [5, 5.41) is 13.4. The summed E-state index contributed by atoms with van der Waals surface area (Å²) in [6, 6.07) is 0. The third-order valence-corrected chi connectivity index (χ3v) is 3.44. The van der Waals surface area contributed by atoms with Gasteiger partial charge in [-0.15, -0.1) is 0 Å². The molecule has 0 rings (SSSR count). The molecule has 0 spiro atoms. The third-order valence-electron chi connectivity index (χ3n) is 3.44. The van der Waals surface area contributed by atoms with Crippen LogP contribution in [-0.2, 0) is 4.79 Å². The van der Waals surface area contributed by atoms with E-state index in [1.807, 2.05) is 18.7 Å². The number of amides is 1. The Balaban J connectivity index is 4.63. The van der Waals surface area contributed by atoms with E-state index in [-0.39, 0.29) is 11.8 Å². The quantitative estimate of drug-likeness (QED) is 0.473. The van der Waals surface area contributed by atoms with Crippen molar-refractivity contribution in [2.45, 2.75) is 60.1 Å². The summed E-state index contributed by atoms with van der Waals surface area (Å²) in [4.78, 5) is 14.2. The molecule has 4 heteroatoms. The van der Waals surface area contributed by atoms with Crippen LogP contribution in [0.15, 0.2) is 0 Å². The first-order valence-corrected chi connectivity index (χ1v) is 7.67. The lowest BCUT2D eigenvalue weighted by Crippen LogP contribution is -2.47. The van der Waals surface area contributed by atoms with Gasteiger partial charge in [0.2, 0.25) is 5.91 Å². The van der Waals surface area contributed by atoms with Crippen LogP contribution < -0.4 is 5.32 Å². The number of hydrogen-bond donors (Lipinski definition) is 2. The zero-order valence-corrected chi connectivity index (χ0v) is 13.3. The summed E-state index contributed by atoms with van der Waals surface area (Å²) >= 11 is 0. The van der Waals surface area contributed by atoms with E-state index in [9.17, 15) is 9.90 Å². The predicted molar refractivity (Wildman–Crippen MR) is 79.8 cm³/mol. The van der Waals surface area contributed by atoms with Crippen LogP contribution in [0.1, 0.15) is 53.9 Å². The summed E-state index contributed by atoms with van der Waals surface area (Å²) in [5.41, 5.74) is 0. The van der Waals surface area contributed by atoms with E-state index in [2.05, 4.69) is 26.1 Å². The number of aliphatic hydroxyl groups is 1. The van der Waals surface area contributed by atoms with E-state index in [0.717, 1.165) is 32.4 Å². The topological polar surface area (TPSA) is 52.6 Å². The lowest BCUT2D eigenvalue weighted by Gasteiger charge is -2.32. The van der Waals surface area contributed by atoms with Gasteiger partial charge in [-0.25, -0.2) is 0 Å². The standard InChI is InChI=1S/C15H32N2O2/c1-6-9-10-16-14(18)13(11-12(4)5)15(19)17(7-2)8-3/h12-13,15,19H,6-11H2,1-5H3,(H,16,18). The molecule has 0 heterocycles. The number of aliphatic hydroxyl groups excluding tert-OH is 1. The van der Waals surface area contributed by atoms with E-state index < -0.39 is 6.23 Å². The van der Waals surface area contributed by atoms with Crippen LogP contribution >= 0.6 is 0 Å². The van der Waals surface area contributed by atoms with Gasteiger partial charge >= 0.3 is 0 Å². The number of nitrogens with one attached hydrogen (secondary N) is 1. The number of carbonyl (C=O) groups is 1. The fraction of sp³-hybridized carbons (Fsp3) is 0.933. The lowest BCUT2D eigenvalue weighted by molar-refractivity contribution is -0.135. The van der Waals surface area contributed by atoms with Crippen molar-refractivity contribution in [3.63, 3.8) is 0 Å². The summed E-state index contributed by atoms with van der Waals surface area (Å²) < 4.78 is 0. The monoisotopic (exact) mass is 272 g/mol. The number of carbonyl (C=O) groups excluding carboxylic acids is 1. The molecule has 4 nitrogen and oxygen atoms in total. The van der Waals surface area contributed by atoms with Gasteiger partial charge in [0.15, 0.2) is 0 Å². The predicted octanol–water partition coefficient (Wildman–Crippen LogP) is 2.23. The Hall–Kier alpha value is -0.610. The smallest absolute Gasteiger partial charge is 0.227 e. The molecule has 0 aliphatic rings. The average molecular weight is 272 g/mol. The van der Waals surface area contributed by atoms with E-state index in [1.54, 1.807) is 0 Å². The maximum absolute atomic E-state index is 12.2. The van der Waals surface area contributed by atoms with Gasteiger partial charge in [0.1, 0.15) is 6.23 Å². The fourth-order valence-corrected chi connectivity index (χ4v) is 2.24. The molecular weight excluding hydrogens is 240 g/mol. The molecule has 0 fully saturated rings. The molecule has 0 aromatic rings. The summed E-state index contributed by atoms with van der Waals surface area (Å²) in [7, 11) is 0. The van der Waals surface area contributed by atoms with Gasteiger partial charge in [-0.2, -0.15) is 0 Å². The van der Waals surface area contributed by atoms with Crippen LogP contribution in [-0.4, -0.2) is 41.8 Å². The minimum atomic E-state index is -0.681. The molecular formula is C15H32N2O2. The molecule has 0 bridgehead atoms. The zero-order valence-electron chi connectivity index (χ0n) is 13.3. The first kappa shape index (κ1) is 18.4. The molecule has 0 radical (unpaired) electrons. The molecule has 0 aliphatic carbocycles. The highest BCUT2D eigenvalue weighted by Gasteiger charge is 2.30. The highest BCUT2D eigenvalue weighted by atomic mass is 16.3. The van der Waals surface area contributed by atoms with Crippen molar-refractivity contribution in [2.24, 2.45) is 11.8 Å². The van der Waals surface area contributed by atoms with E-state index in [0.29, 0.717) is 12.5 Å². The molecule has 114 valence electrons. The average Bonchev–Trinajstić information content (AvgIpc) is 2.37. The van der Waals surface area contributed by atoms with Gasteiger partial charge in [-0.1, -0.05) is 41.0 Å². The van der Waals surface area contributed by atoms with Crippen molar-refractivity contribution in [3.05, 3.63) is 0 Å². The van der Waals surface area contributed by atoms with Crippen LogP contribution in [0.5, 0.6) is 0 Å². The summed E-state index contributed by atoms with van der Waals surface area (Å²) in [5.74, 6) is 0.0467. The van der Waals surface area contributed by atoms with Crippen LogP contribution in [0, 0.1) is 11.8 Å². The molecule has 0 saturated heterocycles. The molecule has 0 aromatic carbocycles. The Kier molecular flexibility index (Phi) is 9.88. The SMILES string of the molecule is CCCCNC(=O)C(CC(C)C)C(O)N(CC)CC. The molecule has 0 aromatic heterocycles. The fourth-order valence-electron chi connectivity index (χ4n) is 2.24. The normalized spacial score (nSPS) is 14.7. The molecule has 0 saturated carbocycles. The maximum Gasteiger partial charge on any atom is 0.227 e. The highest BCUT2D eigenvalue weighted by molar-refractivity contribution is 5.79. The molecule has 2 atom stereocenters. The third kappa shape index (κ3) is 6.92. The molecule has 1 amide bonds. The number of hydrogen-bond acceptors (Lipinski definition) is 3. The van der Waals surface area contributed by atoms with E-state index in [4.69, 9.17) is 0 Å². The Bertz CT molecular complexity index is 240. The molecule has 19 heavy (non-hydrogen) atoms. The first-order chi connectivity index (χ1) is 8.97. The number of nitrogens with zero attached hydrogens (tertiary/aromatic N) is 1. The first-order valence-electron chi connectivity index (χ1n) is 7.67. The highest BCUT2D eigenvalue weighted by Crippen LogP contribution is 2.18. The molecule has 2 N–H and O–H groups in total. The largest absolute Gasteiger partial charge is 0.378 e. The second-order valence-corrected chi connectivity index (χ2v) is 5.52. The van der Waals surface area contributed by atoms with Gasteiger partial charge in [0.25, 0.3) is 0 Å². The Morgan fingerprint density at radius 1 is 1.21 bits per heavy atom. The number of rotatable bonds is 10. The van der Waals surface area contributed by atoms with Gasteiger partial charge in [-0.3, -0.25) is 9.69 Å². The second kappa shape index (κ2) is 10.2. The van der Waals surface area contributed by atoms with Crippen LogP contribution in [0.3, 0.4) is 0 Å². The van der Waals surface area contributed by atoms with Gasteiger partial charge in [-0.05, 0) is 31.8 Å². The van der Waals surface area contributed by atoms with Crippen molar-refractivity contribution >= 4 is 5.91 Å². The number of unbranched alkanes of at least 4 members (excludes halogenated alkanes) is 1. The Morgan fingerprint density at radius 3 is 2.21 bits per heavy atom. The zero-order chi connectivity index (χ0) is 14.8. The van der Waals surface area contributed by atoms with Gasteiger partial charge < -0.3 is 10.4 Å². The minimum Gasteiger partial charge on any atom is -0.378 e. The van der Waals surface area contributed by atoms with Crippen molar-refractivity contribution in [1.29, 1.82) is 0 Å². The Labute approximate surface area is 118 Å². The summed E-state index contributed by atoms with van der Waals surface area (Å²) in [6.45, 7) is 12.5. The van der Waals surface area contributed by atoms with E-state index in [1.165, 1.54) is 0 Å². The second-order valence-electron chi connectivity index (χ2n) is 5.52. The van der Waals surface area contributed by atoms with Crippen LogP contribution in [0.4, 0.5) is 0 Å². The van der Waals surface area contributed by atoms with Crippen molar-refractivity contribution in [2.75, 3.05) is 19.6 Å². The van der Waals surface area contributed by atoms with Crippen molar-refractivity contribution < 1.29 is 9.90 Å². The molecule has 0 aliphatic heterocycles. The van der Waals surface area contributed by atoms with Crippen LogP contribution in [0.25, 0.3) is 0 Å². The maximum atomic E-state index is 12.2. The summed E-state index contributed by atoms with van der Waals surface area (Å²) in [6.07, 6.45) is 2.09. The molecule has 2 unspecified atom stereocenters. The van der Waals surface area contributed by atoms with Gasteiger partial charge in [0.05, 0.1) is 5.92 Å². The van der Waals surface area contributed by atoms with Crippen molar-refractivity contribution in [3.8, 4) is 0 Å². The van der Waals surface area contributed by atoms with E-state index >= 15 is 0 Å². The van der Waals surface area contributed by atoms with Gasteiger partial charge in [0, 0.05) is 6.54 Å². The Morgan fingerprint density at radius 2 is 1.79 bits per heavy atom. The minimum absolute atomic E-state index is 0.0125. The van der Waals surface area contributed by atoms with Crippen LogP contribution in [0.2, 0.25) is 0 Å². The van der Waals surface area contributed by atoms with Crippen molar-refractivity contribution in [1.82, 2.24) is 10.2 Å².